The van der Waals surface area contributed by atoms with Gasteiger partial charge in [0.05, 0.1) is 12.6 Å². The van der Waals surface area contributed by atoms with E-state index in [-0.39, 0.29) is 30.2 Å². The number of hydrogen-bond donors (Lipinski definition) is 0. The maximum absolute atomic E-state index is 13.6. The summed E-state index contributed by atoms with van der Waals surface area (Å²) in [5.41, 5.74) is 3.12. The molecule has 1 aromatic heterocycles. The fourth-order valence-corrected chi connectivity index (χ4v) is 5.44. The van der Waals surface area contributed by atoms with E-state index in [9.17, 15) is 14.0 Å². The Labute approximate surface area is 205 Å². The maximum Gasteiger partial charge on any atom is 0.242 e. The van der Waals surface area contributed by atoms with Crippen LogP contribution in [0.25, 0.3) is 0 Å². The number of carbonyl (C=O) groups is 2. The summed E-state index contributed by atoms with van der Waals surface area (Å²) >= 11 is 1.70. The minimum Gasteiger partial charge on any atom is -0.333 e. The van der Waals surface area contributed by atoms with Gasteiger partial charge >= 0.3 is 0 Å². The number of benzene rings is 2. The molecule has 0 aliphatic carbocycles. The summed E-state index contributed by atoms with van der Waals surface area (Å²) in [6.07, 6.45) is 3.67. The van der Waals surface area contributed by atoms with Crippen LogP contribution in [0.5, 0.6) is 0 Å². The minimum absolute atomic E-state index is 0.0113. The van der Waals surface area contributed by atoms with Gasteiger partial charge in [0.25, 0.3) is 0 Å². The van der Waals surface area contributed by atoms with Gasteiger partial charge in [-0.3, -0.25) is 9.59 Å². The van der Waals surface area contributed by atoms with E-state index in [4.69, 9.17) is 0 Å². The van der Waals surface area contributed by atoms with Crippen LogP contribution in [-0.4, -0.2) is 41.2 Å². The van der Waals surface area contributed by atoms with E-state index in [0.717, 1.165) is 36.0 Å². The summed E-state index contributed by atoms with van der Waals surface area (Å²) in [5, 5.41) is 2.05. The fourth-order valence-electron chi connectivity index (χ4n) is 4.54. The summed E-state index contributed by atoms with van der Waals surface area (Å²) in [5.74, 6) is -0.342. The zero-order chi connectivity index (χ0) is 23.9. The average molecular weight is 479 g/mol. The quantitative estimate of drug-likeness (QED) is 0.400. The van der Waals surface area contributed by atoms with Crippen LogP contribution >= 0.6 is 11.3 Å². The topological polar surface area (TPSA) is 40.6 Å². The molecule has 178 valence electrons. The van der Waals surface area contributed by atoms with Crippen molar-refractivity contribution in [3.05, 3.63) is 93.4 Å². The first-order chi connectivity index (χ1) is 16.6. The van der Waals surface area contributed by atoms with Gasteiger partial charge < -0.3 is 9.80 Å². The second-order valence-electron chi connectivity index (χ2n) is 8.74. The summed E-state index contributed by atoms with van der Waals surface area (Å²) in [6, 6.07) is 18.2. The molecule has 34 heavy (non-hydrogen) atoms. The molecular weight excluding hydrogens is 447 g/mol. The van der Waals surface area contributed by atoms with Gasteiger partial charge in [-0.1, -0.05) is 55.8 Å². The van der Waals surface area contributed by atoms with Crippen molar-refractivity contribution in [3.63, 3.8) is 0 Å². The van der Waals surface area contributed by atoms with Gasteiger partial charge in [0.1, 0.15) is 5.82 Å². The number of fused-ring (bicyclic) bond motifs is 1. The summed E-state index contributed by atoms with van der Waals surface area (Å²) in [6.45, 7) is 3.33. The second-order valence-corrected chi connectivity index (χ2v) is 9.75. The van der Waals surface area contributed by atoms with Crippen molar-refractivity contribution in [3.8, 4) is 0 Å². The van der Waals surface area contributed by atoms with Crippen LogP contribution in [0.1, 0.15) is 53.8 Å². The molecule has 2 amide bonds. The smallest absolute Gasteiger partial charge is 0.242 e. The molecule has 3 aromatic rings. The van der Waals surface area contributed by atoms with Crippen molar-refractivity contribution >= 4 is 23.2 Å². The Morgan fingerprint density at radius 1 is 1.09 bits per heavy atom. The fraction of sp³-hybridized carbons (Fsp3) is 0.357. The van der Waals surface area contributed by atoms with Crippen LogP contribution < -0.4 is 0 Å². The van der Waals surface area contributed by atoms with E-state index in [1.165, 1.54) is 17.0 Å². The number of thiophene rings is 1. The van der Waals surface area contributed by atoms with E-state index in [1.807, 2.05) is 35.2 Å². The maximum atomic E-state index is 13.6. The van der Waals surface area contributed by atoms with Crippen LogP contribution in [0.3, 0.4) is 0 Å². The Balaban J connectivity index is 1.51. The van der Waals surface area contributed by atoms with Gasteiger partial charge in [0.2, 0.25) is 11.8 Å². The van der Waals surface area contributed by atoms with E-state index < -0.39 is 0 Å². The summed E-state index contributed by atoms with van der Waals surface area (Å²) in [4.78, 5) is 31.5. The highest BCUT2D eigenvalue weighted by Crippen LogP contribution is 2.38. The van der Waals surface area contributed by atoms with Gasteiger partial charge in [0, 0.05) is 24.4 Å². The SMILES string of the molecule is CCCCN(CC(=O)N1CCc2sccc2C1c1ccc(F)cc1)C(=O)CCc1ccccc1. The molecule has 4 nitrogen and oxygen atoms in total. The third-order valence-corrected chi connectivity index (χ3v) is 7.40. The average Bonchev–Trinajstić information content (AvgIpc) is 3.34. The van der Waals surface area contributed by atoms with Crippen molar-refractivity contribution in [1.82, 2.24) is 9.80 Å². The van der Waals surface area contributed by atoms with Crippen LogP contribution in [0.2, 0.25) is 0 Å². The number of amides is 2. The van der Waals surface area contributed by atoms with E-state index in [1.54, 1.807) is 28.4 Å². The lowest BCUT2D eigenvalue weighted by molar-refractivity contribution is -0.141. The number of aryl methyl sites for hydroxylation is 1. The van der Waals surface area contributed by atoms with Crippen molar-refractivity contribution in [2.75, 3.05) is 19.6 Å². The zero-order valence-corrected chi connectivity index (χ0v) is 20.4. The van der Waals surface area contributed by atoms with Gasteiger partial charge in [-0.05, 0) is 59.5 Å². The highest BCUT2D eigenvalue weighted by Gasteiger charge is 2.33. The molecular formula is C28H31FN2O2S. The Morgan fingerprint density at radius 2 is 1.85 bits per heavy atom. The number of halogens is 1. The number of hydrogen-bond acceptors (Lipinski definition) is 3. The van der Waals surface area contributed by atoms with E-state index in [2.05, 4.69) is 18.4 Å². The lowest BCUT2D eigenvalue weighted by atomic mass is 9.93. The standard InChI is InChI=1S/C28H31FN2O2S/c1-2-3-17-30(26(32)14-9-21-7-5-4-6-8-21)20-27(33)31-18-15-25-24(16-19-34-25)28(31)22-10-12-23(29)13-11-22/h4-8,10-13,16,19,28H,2-3,9,14-15,17-18,20H2,1H3. The molecule has 0 saturated carbocycles. The van der Waals surface area contributed by atoms with E-state index in [0.29, 0.717) is 25.9 Å². The van der Waals surface area contributed by atoms with Crippen LogP contribution in [0.15, 0.2) is 66.0 Å². The first kappa shape index (κ1) is 24.1. The second kappa shape index (κ2) is 11.4. The molecule has 0 N–H and O–H groups in total. The molecule has 1 aliphatic heterocycles. The molecule has 0 bridgehead atoms. The predicted molar refractivity (Wildman–Crippen MR) is 134 cm³/mol. The van der Waals surface area contributed by atoms with Crippen molar-refractivity contribution < 1.29 is 14.0 Å². The van der Waals surface area contributed by atoms with Crippen molar-refractivity contribution in [2.24, 2.45) is 0 Å². The van der Waals surface area contributed by atoms with Crippen molar-refractivity contribution in [1.29, 1.82) is 0 Å². The van der Waals surface area contributed by atoms with E-state index >= 15 is 0 Å². The molecule has 0 radical (unpaired) electrons. The molecule has 2 aromatic carbocycles. The molecule has 1 aliphatic rings. The Bertz CT molecular complexity index is 1100. The summed E-state index contributed by atoms with van der Waals surface area (Å²) in [7, 11) is 0. The molecule has 4 rings (SSSR count). The molecule has 0 fully saturated rings. The van der Waals surface area contributed by atoms with Gasteiger partial charge in [-0.2, -0.15) is 0 Å². The monoisotopic (exact) mass is 478 g/mol. The number of rotatable bonds is 9. The molecule has 1 unspecified atom stereocenters. The lowest BCUT2D eigenvalue weighted by Crippen LogP contribution is -2.47. The number of carbonyl (C=O) groups excluding carboxylic acids is 2. The van der Waals surface area contributed by atoms with Gasteiger partial charge in [-0.25, -0.2) is 4.39 Å². The zero-order valence-electron chi connectivity index (χ0n) is 19.6. The molecule has 0 spiro atoms. The predicted octanol–water partition coefficient (Wildman–Crippen LogP) is 5.62. The van der Waals surface area contributed by atoms with Gasteiger partial charge in [-0.15, -0.1) is 11.3 Å². The summed E-state index contributed by atoms with van der Waals surface area (Å²) < 4.78 is 13.6. The van der Waals surface area contributed by atoms with Crippen LogP contribution in [0.4, 0.5) is 4.39 Å². The number of unbranched alkanes of at least 4 members (excludes halogenated alkanes) is 1. The normalized spacial score (nSPS) is 15.1. The highest BCUT2D eigenvalue weighted by molar-refractivity contribution is 7.10. The molecule has 2 heterocycles. The van der Waals surface area contributed by atoms with Crippen LogP contribution in [-0.2, 0) is 22.4 Å². The Morgan fingerprint density at radius 3 is 2.59 bits per heavy atom. The first-order valence-corrected chi connectivity index (χ1v) is 12.9. The molecule has 6 heteroatoms. The lowest BCUT2D eigenvalue weighted by Gasteiger charge is -2.37. The molecule has 0 saturated heterocycles. The highest BCUT2D eigenvalue weighted by atomic mass is 32.1. The number of nitrogens with zero attached hydrogens (tertiary/aromatic N) is 2. The van der Waals surface area contributed by atoms with Gasteiger partial charge in [0.15, 0.2) is 0 Å². The third kappa shape index (κ3) is 5.73. The van der Waals surface area contributed by atoms with Crippen molar-refractivity contribution in [2.45, 2.75) is 45.1 Å². The Kier molecular flexibility index (Phi) is 8.12. The Hall–Kier alpha value is -2.99. The van der Waals surface area contributed by atoms with Crippen LogP contribution in [0, 0.1) is 5.82 Å². The first-order valence-electron chi connectivity index (χ1n) is 12.0. The molecule has 1 atom stereocenters. The third-order valence-electron chi connectivity index (χ3n) is 6.40. The minimum atomic E-state index is -0.294. The largest absolute Gasteiger partial charge is 0.333 e.